The average molecular weight is 540 g/mol. The van der Waals surface area contributed by atoms with Crippen molar-refractivity contribution in [3.8, 4) is 5.75 Å². The number of carbonyl (C=O) groups excluding carboxylic acids is 3. The number of piperidine rings is 1. The number of thioether (sulfide) groups is 1. The van der Waals surface area contributed by atoms with Crippen LogP contribution in [0.2, 0.25) is 0 Å². The molecule has 0 saturated carbocycles. The average Bonchev–Trinajstić information content (AvgIpc) is 2.92. The molecule has 2 aromatic rings. The second-order valence-corrected chi connectivity index (χ2v) is 10.8. The topological polar surface area (TPSA) is 113 Å². The summed E-state index contributed by atoms with van der Waals surface area (Å²) < 4.78 is 21.0. The number of pyridine rings is 1. The first-order valence-corrected chi connectivity index (χ1v) is 13.8. The third kappa shape index (κ3) is 5.82. The van der Waals surface area contributed by atoms with E-state index in [2.05, 4.69) is 20.8 Å². The van der Waals surface area contributed by atoms with Crippen LogP contribution in [0.1, 0.15) is 52.1 Å². The summed E-state index contributed by atoms with van der Waals surface area (Å²) in [6.07, 6.45) is 5.51. The van der Waals surface area contributed by atoms with Crippen LogP contribution in [0.15, 0.2) is 29.4 Å². The Morgan fingerprint density at radius 2 is 2.16 bits per heavy atom. The van der Waals surface area contributed by atoms with Crippen molar-refractivity contribution in [1.82, 2.24) is 20.6 Å². The number of nitrogens with one attached hydrogen (secondary N) is 2. The van der Waals surface area contributed by atoms with E-state index in [9.17, 15) is 14.4 Å². The van der Waals surface area contributed by atoms with E-state index in [1.165, 1.54) is 17.7 Å². The fraction of sp³-hybridized carbons (Fsp3) is 0.444. The minimum atomic E-state index is -0.689. The lowest BCUT2D eigenvalue weighted by molar-refractivity contribution is -0.119. The molecule has 1 aliphatic carbocycles. The van der Waals surface area contributed by atoms with Gasteiger partial charge in [0.15, 0.2) is 0 Å². The van der Waals surface area contributed by atoms with Crippen LogP contribution in [0.3, 0.4) is 0 Å². The van der Waals surface area contributed by atoms with Gasteiger partial charge in [-0.05, 0) is 68.4 Å². The van der Waals surface area contributed by atoms with E-state index in [0.717, 1.165) is 66.5 Å². The van der Waals surface area contributed by atoms with Crippen LogP contribution in [0.4, 0.5) is 9.18 Å². The molecule has 1 aromatic heterocycles. The summed E-state index contributed by atoms with van der Waals surface area (Å²) >= 11 is 1.10. The van der Waals surface area contributed by atoms with Crippen molar-refractivity contribution in [2.24, 2.45) is 11.0 Å². The third-order valence-electron chi connectivity index (χ3n) is 7.28. The van der Waals surface area contributed by atoms with Crippen LogP contribution in [0, 0.1) is 18.7 Å². The summed E-state index contributed by atoms with van der Waals surface area (Å²) in [5.74, 6) is -0.701. The summed E-state index contributed by atoms with van der Waals surface area (Å²) in [5.41, 5.74) is 7.45. The van der Waals surface area contributed by atoms with Crippen LogP contribution in [0.25, 0.3) is 0 Å². The van der Waals surface area contributed by atoms with Crippen LogP contribution in [-0.2, 0) is 24.2 Å². The Labute approximate surface area is 224 Å². The SMILES string of the molecule is Cc1cc(COc2ccc(C(=O)NC3CN(C=O)CC[C@@H]3C3=NNC(=O)SC3)c(F)c2)c2c(n1)CCCC2. The van der Waals surface area contributed by atoms with Gasteiger partial charge >= 0.3 is 0 Å². The van der Waals surface area contributed by atoms with Crippen molar-refractivity contribution in [2.75, 3.05) is 18.8 Å². The van der Waals surface area contributed by atoms with Gasteiger partial charge in [0.05, 0.1) is 17.3 Å². The lowest BCUT2D eigenvalue weighted by Crippen LogP contribution is -2.55. The van der Waals surface area contributed by atoms with Crippen molar-refractivity contribution >= 4 is 35.0 Å². The molecular formula is C27H30FN5O4S. The summed E-state index contributed by atoms with van der Waals surface area (Å²) in [4.78, 5) is 42.2. The Morgan fingerprint density at radius 3 is 2.92 bits per heavy atom. The summed E-state index contributed by atoms with van der Waals surface area (Å²) in [6, 6.07) is 5.78. The largest absolute Gasteiger partial charge is 0.489 e. The molecule has 5 rings (SSSR count). The number of rotatable bonds is 7. The molecule has 1 saturated heterocycles. The molecule has 2 aliphatic heterocycles. The normalized spacial score (nSPS) is 21.2. The molecule has 2 N–H and O–H groups in total. The number of amides is 3. The minimum absolute atomic E-state index is 0.107. The van der Waals surface area contributed by atoms with Gasteiger partial charge in [0, 0.05) is 42.2 Å². The molecule has 1 unspecified atom stereocenters. The first-order valence-electron chi connectivity index (χ1n) is 12.8. The highest BCUT2D eigenvalue weighted by atomic mass is 32.2. The molecule has 200 valence electrons. The number of ether oxygens (including phenoxy) is 1. The summed E-state index contributed by atoms with van der Waals surface area (Å²) in [5, 5.41) is 6.82. The van der Waals surface area contributed by atoms with Gasteiger partial charge < -0.3 is 15.0 Å². The predicted octanol–water partition coefficient (Wildman–Crippen LogP) is 3.38. The second-order valence-electron chi connectivity index (χ2n) is 9.85. The number of aromatic nitrogens is 1. The predicted molar refractivity (Wildman–Crippen MR) is 142 cm³/mol. The van der Waals surface area contributed by atoms with Gasteiger partial charge in [0.25, 0.3) is 11.1 Å². The van der Waals surface area contributed by atoms with Crippen molar-refractivity contribution in [2.45, 2.75) is 51.7 Å². The molecule has 3 heterocycles. The van der Waals surface area contributed by atoms with Gasteiger partial charge in [-0.2, -0.15) is 5.10 Å². The van der Waals surface area contributed by atoms with Gasteiger partial charge in [0.1, 0.15) is 18.2 Å². The van der Waals surface area contributed by atoms with Crippen LogP contribution < -0.4 is 15.5 Å². The molecule has 0 radical (unpaired) electrons. The minimum Gasteiger partial charge on any atom is -0.489 e. The molecular weight excluding hydrogens is 509 g/mol. The number of fused-ring (bicyclic) bond motifs is 1. The number of benzene rings is 1. The molecule has 3 aliphatic rings. The van der Waals surface area contributed by atoms with Gasteiger partial charge in [-0.3, -0.25) is 19.4 Å². The standard InChI is InChI=1S/C27H30FN5O4S/c1-16-10-17(19-4-2-3-5-23(19)29-16)13-37-18-6-7-20(22(28)11-18)26(35)30-24-12-33(15-34)9-8-21(24)25-14-38-27(36)32-31-25/h6-7,10-11,15,21,24H,2-5,8-9,12-14H2,1H3,(H,30,35)(H,32,36)/t21-,24?/m0/s1. The Balaban J connectivity index is 1.27. The van der Waals surface area contributed by atoms with Crippen molar-refractivity contribution in [1.29, 1.82) is 0 Å². The number of hydrogen-bond acceptors (Lipinski definition) is 7. The maximum absolute atomic E-state index is 15.1. The highest BCUT2D eigenvalue weighted by molar-refractivity contribution is 8.14. The van der Waals surface area contributed by atoms with Gasteiger partial charge in [0.2, 0.25) is 6.41 Å². The number of hydrazone groups is 1. The van der Waals surface area contributed by atoms with Crippen molar-refractivity contribution in [3.05, 3.63) is 58.2 Å². The first kappa shape index (κ1) is 26.1. The highest BCUT2D eigenvalue weighted by Gasteiger charge is 2.35. The second kappa shape index (κ2) is 11.5. The van der Waals surface area contributed by atoms with E-state index in [1.807, 2.05) is 13.0 Å². The number of likely N-dealkylation sites (tertiary alicyclic amines) is 1. The van der Waals surface area contributed by atoms with Crippen molar-refractivity contribution in [3.63, 3.8) is 0 Å². The zero-order chi connectivity index (χ0) is 26.6. The molecule has 38 heavy (non-hydrogen) atoms. The number of nitrogens with zero attached hydrogens (tertiary/aromatic N) is 3. The van der Waals surface area contributed by atoms with E-state index in [4.69, 9.17) is 4.74 Å². The van der Waals surface area contributed by atoms with Gasteiger partial charge in [-0.25, -0.2) is 9.82 Å². The summed E-state index contributed by atoms with van der Waals surface area (Å²) in [7, 11) is 0. The van der Waals surface area contributed by atoms with Crippen LogP contribution >= 0.6 is 11.8 Å². The third-order valence-corrected chi connectivity index (χ3v) is 8.07. The zero-order valence-corrected chi connectivity index (χ0v) is 22.0. The first-order chi connectivity index (χ1) is 18.4. The fourth-order valence-corrected chi connectivity index (χ4v) is 6.05. The molecule has 3 amide bonds. The highest BCUT2D eigenvalue weighted by Crippen LogP contribution is 2.27. The maximum atomic E-state index is 15.1. The number of halogens is 1. The Hall–Kier alpha value is -3.47. The van der Waals surface area contributed by atoms with Crippen molar-refractivity contribution < 1.29 is 23.5 Å². The lowest BCUT2D eigenvalue weighted by Gasteiger charge is -2.38. The van der Waals surface area contributed by atoms with Crippen LogP contribution in [0.5, 0.6) is 5.75 Å². The lowest BCUT2D eigenvalue weighted by atomic mass is 9.87. The van der Waals surface area contributed by atoms with Gasteiger partial charge in [-0.15, -0.1) is 0 Å². The molecule has 0 bridgehead atoms. The maximum Gasteiger partial charge on any atom is 0.299 e. The molecule has 9 nitrogen and oxygen atoms in total. The van der Waals surface area contributed by atoms with E-state index >= 15 is 4.39 Å². The molecule has 2 atom stereocenters. The number of aryl methyl sites for hydroxylation is 2. The van der Waals surface area contributed by atoms with E-state index in [1.54, 1.807) is 11.0 Å². The Bertz CT molecular complexity index is 1290. The molecule has 1 aromatic carbocycles. The smallest absolute Gasteiger partial charge is 0.299 e. The van der Waals surface area contributed by atoms with E-state index < -0.39 is 17.8 Å². The number of hydrogen-bond donors (Lipinski definition) is 2. The Morgan fingerprint density at radius 1 is 1.32 bits per heavy atom. The summed E-state index contributed by atoms with van der Waals surface area (Å²) in [6.45, 7) is 3.06. The molecule has 0 spiro atoms. The zero-order valence-electron chi connectivity index (χ0n) is 21.2. The van der Waals surface area contributed by atoms with Crippen LogP contribution in [-0.4, -0.2) is 58.0 Å². The Kier molecular flexibility index (Phi) is 7.92. The van der Waals surface area contributed by atoms with Gasteiger partial charge in [-0.1, -0.05) is 11.8 Å². The number of carbonyl (C=O) groups is 3. The molecule has 11 heteroatoms. The monoisotopic (exact) mass is 539 g/mol. The quantitative estimate of drug-likeness (QED) is 0.522. The fourth-order valence-electron chi connectivity index (χ4n) is 5.38. The van der Waals surface area contributed by atoms with E-state index in [-0.39, 0.29) is 23.3 Å². The van der Waals surface area contributed by atoms with E-state index in [0.29, 0.717) is 31.1 Å². The molecule has 1 fully saturated rings.